The second-order valence-electron chi connectivity index (χ2n) is 3.19. The maximum absolute atomic E-state index is 8.95. The summed E-state index contributed by atoms with van der Waals surface area (Å²) in [5, 5.41) is 12.2. The molecule has 0 aromatic heterocycles. The van der Waals surface area contributed by atoms with Crippen LogP contribution in [0.5, 0.6) is 0 Å². The first-order valence-corrected chi connectivity index (χ1v) is 4.59. The molecule has 0 bridgehead atoms. The minimum Gasteiger partial charge on any atom is -0.392 e. The van der Waals surface area contributed by atoms with Crippen LogP contribution < -0.4 is 5.32 Å². The maximum atomic E-state index is 8.95. The first kappa shape index (κ1) is 10.9. The molecule has 0 saturated heterocycles. The van der Waals surface area contributed by atoms with Crippen molar-refractivity contribution in [1.82, 2.24) is 5.32 Å². The molecule has 0 rings (SSSR count). The van der Waals surface area contributed by atoms with Gasteiger partial charge in [0.2, 0.25) is 0 Å². The topological polar surface area (TPSA) is 32.3 Å². The van der Waals surface area contributed by atoms with Crippen molar-refractivity contribution >= 4 is 0 Å². The van der Waals surface area contributed by atoms with Crippen molar-refractivity contribution < 1.29 is 5.11 Å². The van der Waals surface area contributed by atoms with E-state index in [9.17, 15) is 0 Å². The Kier molecular flexibility index (Phi) is 6.57. The van der Waals surface area contributed by atoms with Crippen molar-refractivity contribution in [3.05, 3.63) is 0 Å². The highest BCUT2D eigenvalue weighted by Crippen LogP contribution is 2.04. The number of hydrogen-bond donors (Lipinski definition) is 2. The van der Waals surface area contributed by atoms with Crippen LogP contribution in [0.25, 0.3) is 0 Å². The van der Waals surface area contributed by atoms with Gasteiger partial charge in [0.15, 0.2) is 0 Å². The van der Waals surface area contributed by atoms with E-state index >= 15 is 0 Å². The van der Waals surface area contributed by atoms with Crippen LogP contribution in [0.2, 0.25) is 0 Å². The van der Waals surface area contributed by atoms with Crippen molar-refractivity contribution in [2.45, 2.75) is 39.7 Å². The molecular formula is C9H21NO. The first-order chi connectivity index (χ1) is 5.20. The predicted octanol–water partition coefficient (Wildman–Crippen LogP) is 1.39. The Labute approximate surface area is 70.0 Å². The molecule has 1 atom stereocenters. The third-order valence-corrected chi connectivity index (χ3v) is 2.03. The van der Waals surface area contributed by atoms with E-state index in [1.165, 1.54) is 12.8 Å². The van der Waals surface area contributed by atoms with E-state index in [1.807, 2.05) is 0 Å². The third kappa shape index (κ3) is 6.32. The van der Waals surface area contributed by atoms with Gasteiger partial charge in [-0.25, -0.2) is 0 Å². The van der Waals surface area contributed by atoms with Gasteiger partial charge in [-0.2, -0.15) is 0 Å². The second kappa shape index (κ2) is 6.62. The lowest BCUT2D eigenvalue weighted by atomic mass is 10.0. The second-order valence-corrected chi connectivity index (χ2v) is 3.19. The van der Waals surface area contributed by atoms with Crippen LogP contribution in [0.15, 0.2) is 0 Å². The minimum absolute atomic E-state index is 0.218. The molecule has 11 heavy (non-hydrogen) atoms. The average Bonchev–Trinajstić information content (AvgIpc) is 1.98. The summed E-state index contributed by atoms with van der Waals surface area (Å²) >= 11 is 0. The van der Waals surface area contributed by atoms with Gasteiger partial charge in [0.25, 0.3) is 0 Å². The Bertz CT molecular complexity index is 79.6. The van der Waals surface area contributed by atoms with Crippen LogP contribution in [0, 0.1) is 5.92 Å². The van der Waals surface area contributed by atoms with Gasteiger partial charge in [-0.15, -0.1) is 0 Å². The molecule has 0 fully saturated rings. The molecule has 0 aromatic carbocycles. The molecular weight excluding hydrogens is 138 g/mol. The Morgan fingerprint density at radius 1 is 1.18 bits per heavy atom. The molecule has 0 heterocycles. The molecule has 0 aliphatic carbocycles. The third-order valence-electron chi connectivity index (χ3n) is 2.03. The van der Waals surface area contributed by atoms with Crippen LogP contribution in [0.4, 0.5) is 0 Å². The minimum atomic E-state index is -0.218. The fourth-order valence-corrected chi connectivity index (χ4v) is 1.07. The molecule has 0 aromatic rings. The number of hydrogen-bond acceptors (Lipinski definition) is 2. The summed E-state index contributed by atoms with van der Waals surface area (Å²) in [6, 6.07) is 0. The van der Waals surface area contributed by atoms with Crippen molar-refractivity contribution in [3.63, 3.8) is 0 Å². The smallest absolute Gasteiger partial charge is 0.0636 e. The molecule has 0 spiro atoms. The molecule has 0 radical (unpaired) electrons. The fraction of sp³-hybridized carbons (Fsp3) is 1.00. The van der Waals surface area contributed by atoms with Gasteiger partial charge in [0.1, 0.15) is 0 Å². The Morgan fingerprint density at radius 2 is 1.73 bits per heavy atom. The molecule has 0 aliphatic heterocycles. The Balaban J connectivity index is 3.21. The lowest BCUT2D eigenvalue weighted by Crippen LogP contribution is -2.29. The van der Waals surface area contributed by atoms with E-state index in [0.29, 0.717) is 0 Å². The molecule has 0 amide bonds. The van der Waals surface area contributed by atoms with Gasteiger partial charge in [-0.05, 0) is 19.4 Å². The Hall–Kier alpha value is -0.0800. The highest BCUT2D eigenvalue weighted by Gasteiger charge is 2.02. The number of aliphatic hydroxyl groups is 1. The van der Waals surface area contributed by atoms with Gasteiger partial charge in [0, 0.05) is 6.54 Å². The molecule has 2 heteroatoms. The average molecular weight is 159 g/mol. The van der Waals surface area contributed by atoms with Crippen LogP contribution in [-0.4, -0.2) is 24.3 Å². The predicted molar refractivity (Wildman–Crippen MR) is 48.6 cm³/mol. The zero-order chi connectivity index (χ0) is 8.69. The summed E-state index contributed by atoms with van der Waals surface area (Å²) in [6.45, 7) is 7.98. The number of aliphatic hydroxyl groups excluding tert-OH is 1. The summed E-state index contributed by atoms with van der Waals surface area (Å²) in [5.41, 5.74) is 0. The standard InChI is InChI=1S/C9H21NO/c1-4-9(5-2)7-10-6-8(3)11/h8-11H,4-7H2,1-3H3/t8-/m0/s1. The van der Waals surface area contributed by atoms with E-state index in [2.05, 4.69) is 19.2 Å². The number of rotatable bonds is 6. The molecule has 0 aliphatic rings. The van der Waals surface area contributed by atoms with Crippen LogP contribution in [-0.2, 0) is 0 Å². The largest absolute Gasteiger partial charge is 0.392 e. The molecule has 0 saturated carbocycles. The van der Waals surface area contributed by atoms with Crippen molar-refractivity contribution in [2.24, 2.45) is 5.92 Å². The summed E-state index contributed by atoms with van der Waals surface area (Å²) in [5.74, 6) is 0.772. The van der Waals surface area contributed by atoms with Crippen molar-refractivity contribution in [3.8, 4) is 0 Å². The van der Waals surface area contributed by atoms with E-state index in [4.69, 9.17) is 5.11 Å². The van der Waals surface area contributed by atoms with Crippen LogP contribution in [0.1, 0.15) is 33.6 Å². The van der Waals surface area contributed by atoms with Gasteiger partial charge in [-0.1, -0.05) is 26.7 Å². The van der Waals surface area contributed by atoms with E-state index in [0.717, 1.165) is 19.0 Å². The van der Waals surface area contributed by atoms with Gasteiger partial charge < -0.3 is 10.4 Å². The van der Waals surface area contributed by atoms with Crippen LogP contribution >= 0.6 is 0 Å². The highest BCUT2D eigenvalue weighted by atomic mass is 16.3. The van der Waals surface area contributed by atoms with E-state index in [1.54, 1.807) is 6.92 Å². The quantitative estimate of drug-likeness (QED) is 0.614. The molecule has 68 valence electrons. The fourth-order valence-electron chi connectivity index (χ4n) is 1.07. The zero-order valence-corrected chi connectivity index (χ0v) is 7.93. The maximum Gasteiger partial charge on any atom is 0.0636 e. The van der Waals surface area contributed by atoms with Gasteiger partial charge in [-0.3, -0.25) is 0 Å². The lowest BCUT2D eigenvalue weighted by Gasteiger charge is -2.13. The van der Waals surface area contributed by atoms with Crippen molar-refractivity contribution in [2.75, 3.05) is 13.1 Å². The lowest BCUT2D eigenvalue weighted by molar-refractivity contribution is 0.188. The van der Waals surface area contributed by atoms with Crippen LogP contribution in [0.3, 0.4) is 0 Å². The normalized spacial score (nSPS) is 13.9. The van der Waals surface area contributed by atoms with E-state index in [-0.39, 0.29) is 6.10 Å². The highest BCUT2D eigenvalue weighted by molar-refractivity contribution is 4.60. The summed E-state index contributed by atoms with van der Waals surface area (Å²) in [4.78, 5) is 0. The van der Waals surface area contributed by atoms with E-state index < -0.39 is 0 Å². The molecule has 2 N–H and O–H groups in total. The monoisotopic (exact) mass is 159 g/mol. The summed E-state index contributed by atoms with van der Waals surface area (Å²) in [7, 11) is 0. The van der Waals surface area contributed by atoms with Gasteiger partial charge >= 0.3 is 0 Å². The number of nitrogens with one attached hydrogen (secondary N) is 1. The zero-order valence-electron chi connectivity index (χ0n) is 7.93. The van der Waals surface area contributed by atoms with Crippen molar-refractivity contribution in [1.29, 1.82) is 0 Å². The molecule has 0 unspecified atom stereocenters. The first-order valence-electron chi connectivity index (χ1n) is 4.59. The van der Waals surface area contributed by atoms with Gasteiger partial charge in [0.05, 0.1) is 6.10 Å². The Morgan fingerprint density at radius 3 is 2.09 bits per heavy atom. The summed E-state index contributed by atoms with van der Waals surface area (Å²) in [6.07, 6.45) is 2.23. The SMILES string of the molecule is CCC(CC)CNC[C@H](C)O. The molecule has 2 nitrogen and oxygen atoms in total. The summed E-state index contributed by atoms with van der Waals surface area (Å²) < 4.78 is 0.